The lowest BCUT2D eigenvalue weighted by atomic mass is 9.99. The standard InChI is InChI=1S/C27H28N2O6/c1-34-21-15-13-18(14-16-21)17-22(27(33)35-2)28-26(32)24(30)23(19-9-5-3-6-10-19)29-25(31)20-11-7-4-8-12-20/h3-16,22-24,30H,17H2,1-2H3,(H,28,32)(H,29,31)/t22-,23+,24-/m1/s1. The second-order valence-electron chi connectivity index (χ2n) is 7.81. The molecule has 0 spiro atoms. The highest BCUT2D eigenvalue weighted by molar-refractivity contribution is 5.95. The van der Waals surface area contributed by atoms with Crippen LogP contribution in [-0.4, -0.2) is 49.3 Å². The first-order valence-corrected chi connectivity index (χ1v) is 11.0. The second-order valence-corrected chi connectivity index (χ2v) is 7.81. The van der Waals surface area contributed by atoms with Gasteiger partial charge in [-0.1, -0.05) is 60.7 Å². The van der Waals surface area contributed by atoms with Crippen LogP contribution in [0.25, 0.3) is 0 Å². The zero-order valence-corrected chi connectivity index (χ0v) is 19.5. The fraction of sp³-hybridized carbons (Fsp3) is 0.222. The third kappa shape index (κ3) is 6.91. The summed E-state index contributed by atoms with van der Waals surface area (Å²) in [6.45, 7) is 0. The highest BCUT2D eigenvalue weighted by Crippen LogP contribution is 2.19. The number of hydrogen-bond donors (Lipinski definition) is 3. The Balaban J connectivity index is 1.79. The van der Waals surface area contributed by atoms with E-state index in [9.17, 15) is 19.5 Å². The predicted molar refractivity (Wildman–Crippen MR) is 130 cm³/mol. The van der Waals surface area contributed by atoms with E-state index in [0.29, 0.717) is 16.9 Å². The smallest absolute Gasteiger partial charge is 0.328 e. The summed E-state index contributed by atoms with van der Waals surface area (Å²) in [7, 11) is 2.77. The molecule has 0 saturated heterocycles. The van der Waals surface area contributed by atoms with Crippen molar-refractivity contribution in [2.45, 2.75) is 24.6 Å². The van der Waals surface area contributed by atoms with Crippen LogP contribution in [0.4, 0.5) is 0 Å². The van der Waals surface area contributed by atoms with Crippen molar-refractivity contribution in [3.8, 4) is 5.75 Å². The zero-order chi connectivity index (χ0) is 25.2. The van der Waals surface area contributed by atoms with Crippen LogP contribution in [0.1, 0.15) is 27.5 Å². The first-order chi connectivity index (χ1) is 16.9. The van der Waals surface area contributed by atoms with Crippen molar-refractivity contribution in [1.29, 1.82) is 0 Å². The Morgan fingerprint density at radius 1 is 0.829 bits per heavy atom. The molecule has 0 aliphatic heterocycles. The molecular weight excluding hydrogens is 448 g/mol. The minimum atomic E-state index is -1.67. The summed E-state index contributed by atoms with van der Waals surface area (Å²) in [6, 6.07) is 22.1. The van der Waals surface area contributed by atoms with Crippen molar-refractivity contribution in [3.63, 3.8) is 0 Å². The van der Waals surface area contributed by atoms with E-state index in [-0.39, 0.29) is 6.42 Å². The molecule has 182 valence electrons. The van der Waals surface area contributed by atoms with E-state index in [1.54, 1.807) is 92.0 Å². The molecule has 0 bridgehead atoms. The van der Waals surface area contributed by atoms with Crippen LogP contribution in [0.5, 0.6) is 5.75 Å². The molecule has 2 amide bonds. The van der Waals surface area contributed by atoms with Gasteiger partial charge in [0, 0.05) is 12.0 Å². The minimum absolute atomic E-state index is 0.140. The number of methoxy groups -OCH3 is 2. The molecule has 3 atom stereocenters. The van der Waals surface area contributed by atoms with Crippen LogP contribution < -0.4 is 15.4 Å². The number of carbonyl (C=O) groups excluding carboxylic acids is 3. The topological polar surface area (TPSA) is 114 Å². The maximum atomic E-state index is 13.1. The Bertz CT molecular complexity index is 1120. The van der Waals surface area contributed by atoms with Crippen LogP contribution in [-0.2, 0) is 20.7 Å². The average Bonchev–Trinajstić information content (AvgIpc) is 2.91. The molecule has 8 heteroatoms. The third-order valence-electron chi connectivity index (χ3n) is 5.47. The number of ether oxygens (including phenoxy) is 2. The Kier molecular flexibility index (Phi) is 8.97. The molecule has 3 N–H and O–H groups in total. The number of benzene rings is 3. The maximum absolute atomic E-state index is 13.1. The van der Waals surface area contributed by atoms with Crippen molar-refractivity contribution < 1.29 is 29.0 Å². The van der Waals surface area contributed by atoms with Crippen LogP contribution in [0.3, 0.4) is 0 Å². The second kappa shape index (κ2) is 12.3. The number of aliphatic hydroxyl groups is 1. The summed E-state index contributed by atoms with van der Waals surface area (Å²) in [6.07, 6.45) is -1.53. The van der Waals surface area contributed by atoms with Gasteiger partial charge in [-0.25, -0.2) is 4.79 Å². The molecule has 0 saturated carbocycles. The van der Waals surface area contributed by atoms with Crippen LogP contribution >= 0.6 is 0 Å². The molecule has 0 heterocycles. The maximum Gasteiger partial charge on any atom is 0.328 e. The number of nitrogens with one attached hydrogen (secondary N) is 2. The number of aliphatic hydroxyl groups excluding tert-OH is 1. The van der Waals surface area contributed by atoms with Gasteiger partial charge in [0.05, 0.1) is 20.3 Å². The number of esters is 1. The zero-order valence-electron chi connectivity index (χ0n) is 19.5. The first-order valence-electron chi connectivity index (χ1n) is 11.0. The van der Waals surface area contributed by atoms with Gasteiger partial charge in [-0.05, 0) is 35.4 Å². The molecule has 0 aromatic heterocycles. The summed E-state index contributed by atoms with van der Waals surface area (Å²) >= 11 is 0. The number of amides is 2. The van der Waals surface area contributed by atoms with Crippen LogP contribution in [0.2, 0.25) is 0 Å². The van der Waals surface area contributed by atoms with Gasteiger partial charge in [-0.15, -0.1) is 0 Å². The third-order valence-corrected chi connectivity index (χ3v) is 5.47. The first kappa shape index (κ1) is 25.5. The largest absolute Gasteiger partial charge is 0.497 e. The van der Waals surface area contributed by atoms with E-state index in [1.165, 1.54) is 7.11 Å². The summed E-state index contributed by atoms with van der Waals surface area (Å²) < 4.78 is 9.99. The molecule has 8 nitrogen and oxygen atoms in total. The van der Waals surface area contributed by atoms with Crippen molar-refractivity contribution >= 4 is 17.8 Å². The van der Waals surface area contributed by atoms with Gasteiger partial charge in [-0.2, -0.15) is 0 Å². The van der Waals surface area contributed by atoms with Gasteiger partial charge in [-0.3, -0.25) is 9.59 Å². The van der Waals surface area contributed by atoms with E-state index in [2.05, 4.69) is 10.6 Å². The number of hydrogen-bond acceptors (Lipinski definition) is 6. The highest BCUT2D eigenvalue weighted by atomic mass is 16.5. The lowest BCUT2D eigenvalue weighted by Crippen LogP contribution is -2.51. The van der Waals surface area contributed by atoms with Crippen molar-refractivity contribution in [3.05, 3.63) is 102 Å². The van der Waals surface area contributed by atoms with E-state index >= 15 is 0 Å². The van der Waals surface area contributed by atoms with Gasteiger partial charge in [0.15, 0.2) is 6.10 Å². The van der Waals surface area contributed by atoms with Gasteiger partial charge < -0.3 is 25.2 Å². The Labute approximate surface area is 203 Å². The highest BCUT2D eigenvalue weighted by Gasteiger charge is 2.32. The van der Waals surface area contributed by atoms with E-state index in [4.69, 9.17) is 9.47 Å². The van der Waals surface area contributed by atoms with E-state index in [1.807, 2.05) is 0 Å². The van der Waals surface area contributed by atoms with Crippen LogP contribution in [0, 0.1) is 0 Å². The van der Waals surface area contributed by atoms with Crippen LogP contribution in [0.15, 0.2) is 84.9 Å². The Hall–Kier alpha value is -4.17. The van der Waals surface area contributed by atoms with Gasteiger partial charge >= 0.3 is 5.97 Å². The van der Waals surface area contributed by atoms with E-state index < -0.39 is 36.0 Å². The molecule has 0 radical (unpaired) electrons. The van der Waals surface area contributed by atoms with Crippen molar-refractivity contribution in [2.24, 2.45) is 0 Å². The number of rotatable bonds is 10. The molecular formula is C27H28N2O6. The van der Waals surface area contributed by atoms with Gasteiger partial charge in [0.2, 0.25) is 0 Å². The molecule has 3 aromatic rings. The van der Waals surface area contributed by atoms with Crippen molar-refractivity contribution in [2.75, 3.05) is 14.2 Å². The average molecular weight is 477 g/mol. The molecule has 0 aliphatic carbocycles. The van der Waals surface area contributed by atoms with E-state index in [0.717, 1.165) is 5.56 Å². The summed E-state index contributed by atoms with van der Waals surface area (Å²) in [5.74, 6) is -1.28. The predicted octanol–water partition coefficient (Wildman–Crippen LogP) is 2.43. The molecule has 3 rings (SSSR count). The number of carbonyl (C=O) groups is 3. The molecule has 0 aliphatic rings. The fourth-order valence-electron chi connectivity index (χ4n) is 3.56. The molecule has 0 fully saturated rings. The summed E-state index contributed by atoms with van der Waals surface area (Å²) in [5, 5.41) is 16.3. The lowest BCUT2D eigenvalue weighted by Gasteiger charge is -2.26. The quantitative estimate of drug-likeness (QED) is 0.387. The molecule has 3 aromatic carbocycles. The summed E-state index contributed by atoms with van der Waals surface area (Å²) in [4.78, 5) is 38.2. The SMILES string of the molecule is COC(=O)[C@@H](Cc1ccc(OC)cc1)NC(=O)[C@H](O)[C@@H](NC(=O)c1ccccc1)c1ccccc1. The van der Waals surface area contributed by atoms with Gasteiger partial charge in [0.25, 0.3) is 11.8 Å². The summed E-state index contributed by atoms with van der Waals surface area (Å²) in [5.41, 5.74) is 1.67. The van der Waals surface area contributed by atoms with Crippen molar-refractivity contribution in [1.82, 2.24) is 10.6 Å². The Morgan fingerprint density at radius 2 is 1.43 bits per heavy atom. The fourth-order valence-corrected chi connectivity index (χ4v) is 3.56. The monoisotopic (exact) mass is 476 g/mol. The molecule has 0 unspecified atom stereocenters. The van der Waals surface area contributed by atoms with Gasteiger partial charge in [0.1, 0.15) is 11.8 Å². The molecule has 35 heavy (non-hydrogen) atoms. The normalized spacial score (nSPS) is 13.1. The lowest BCUT2D eigenvalue weighted by molar-refractivity contribution is -0.146. The minimum Gasteiger partial charge on any atom is -0.497 e. The Morgan fingerprint density at radius 3 is 2.00 bits per heavy atom.